The quantitative estimate of drug-likeness (QED) is 0.588. The number of rotatable bonds is 3. The van der Waals surface area contributed by atoms with Crippen molar-refractivity contribution in [1.82, 2.24) is 0 Å². The Morgan fingerprint density at radius 2 is 1.53 bits per heavy atom. The molecule has 0 radical (unpaired) electrons. The molecule has 0 spiro atoms. The molecule has 0 aromatic heterocycles. The molecule has 0 aliphatic heterocycles. The summed E-state index contributed by atoms with van der Waals surface area (Å²) in [6.45, 7) is 0. The van der Waals surface area contributed by atoms with Crippen LogP contribution in [0.25, 0.3) is 0 Å². The second-order valence-corrected chi connectivity index (χ2v) is 4.94. The Morgan fingerprint density at radius 3 is 2.00 bits per heavy atom. The molecule has 0 aliphatic carbocycles. The van der Waals surface area contributed by atoms with Crippen LogP contribution in [0.1, 0.15) is 0 Å². The van der Waals surface area contributed by atoms with Crippen LogP contribution >= 0.6 is 21.6 Å². The molecule has 1 aromatic rings. The lowest BCUT2D eigenvalue weighted by molar-refractivity contribution is -0.104. The largest absolute Gasteiger partial charge is 0.398 e. The van der Waals surface area contributed by atoms with E-state index in [2.05, 4.69) is 0 Å². The second-order valence-electron chi connectivity index (χ2n) is 2.57. The van der Waals surface area contributed by atoms with Gasteiger partial charge in [-0.2, -0.15) is 13.2 Å². The van der Waals surface area contributed by atoms with E-state index in [9.17, 15) is 22.0 Å². The molecular weight excluding hydrogens is 255 g/mol. The van der Waals surface area contributed by atoms with E-state index in [-0.39, 0.29) is 4.90 Å². The molecule has 0 fully saturated rings. The lowest BCUT2D eigenvalue weighted by atomic mass is 10.3. The van der Waals surface area contributed by atoms with Crippen LogP contribution in [0.15, 0.2) is 23.1 Å². The summed E-state index contributed by atoms with van der Waals surface area (Å²) in [5.41, 5.74) is 0. The van der Waals surface area contributed by atoms with E-state index in [0.717, 1.165) is 12.1 Å². The highest BCUT2D eigenvalue weighted by molar-refractivity contribution is 8.76. The first-order valence-corrected chi connectivity index (χ1v) is 6.01. The fraction of sp³-hybridized carbons (Fsp3) is 0.250. The first kappa shape index (κ1) is 12.6. The molecule has 0 amide bonds. The highest BCUT2D eigenvalue weighted by Gasteiger charge is 2.27. The first-order chi connectivity index (χ1) is 6.87. The topological polar surface area (TPSA) is 0 Å². The average Bonchev–Trinajstić information content (AvgIpc) is 1.99. The monoisotopic (exact) mass is 260 g/mol. The van der Waals surface area contributed by atoms with Gasteiger partial charge in [-0.05, 0) is 12.1 Å². The zero-order valence-electron chi connectivity index (χ0n) is 7.15. The molecule has 0 bridgehead atoms. The fourth-order valence-electron chi connectivity index (χ4n) is 0.741. The predicted molar refractivity (Wildman–Crippen MR) is 50.7 cm³/mol. The summed E-state index contributed by atoms with van der Waals surface area (Å²) >= 11 is 0. The van der Waals surface area contributed by atoms with Crippen LogP contribution in [0.4, 0.5) is 22.0 Å². The van der Waals surface area contributed by atoms with E-state index < -0.39 is 23.6 Å². The van der Waals surface area contributed by atoms with Gasteiger partial charge in [0.05, 0.1) is 0 Å². The lowest BCUT2D eigenvalue weighted by Gasteiger charge is -2.05. The number of hydrogen-bond acceptors (Lipinski definition) is 2. The standard InChI is InChI=1S/C8H5F5S2/c9-5-1-6(10)3-7(2-5)15-14-4-8(11,12)13/h1-3H,4H2. The van der Waals surface area contributed by atoms with E-state index in [1.807, 2.05) is 0 Å². The van der Waals surface area contributed by atoms with Crippen LogP contribution in [0.2, 0.25) is 0 Å². The Bertz CT molecular complexity index is 316. The minimum atomic E-state index is -4.27. The summed E-state index contributed by atoms with van der Waals surface area (Å²) in [7, 11) is 1.18. The number of halogens is 5. The zero-order valence-corrected chi connectivity index (χ0v) is 8.78. The molecule has 0 atom stereocenters. The van der Waals surface area contributed by atoms with Gasteiger partial charge < -0.3 is 0 Å². The van der Waals surface area contributed by atoms with Crippen molar-refractivity contribution in [2.45, 2.75) is 11.1 Å². The van der Waals surface area contributed by atoms with Gasteiger partial charge in [0.1, 0.15) is 17.4 Å². The molecule has 0 unspecified atom stereocenters. The van der Waals surface area contributed by atoms with Crippen molar-refractivity contribution in [3.63, 3.8) is 0 Å². The smallest absolute Gasteiger partial charge is 0.207 e. The van der Waals surface area contributed by atoms with E-state index in [4.69, 9.17) is 0 Å². The van der Waals surface area contributed by atoms with E-state index in [0.29, 0.717) is 27.7 Å². The van der Waals surface area contributed by atoms with Crippen molar-refractivity contribution in [2.24, 2.45) is 0 Å². The highest BCUT2D eigenvalue weighted by Crippen LogP contribution is 2.35. The minimum absolute atomic E-state index is 0.127. The van der Waals surface area contributed by atoms with Gasteiger partial charge in [-0.15, -0.1) is 0 Å². The van der Waals surface area contributed by atoms with Gasteiger partial charge in [-0.3, -0.25) is 0 Å². The molecule has 0 nitrogen and oxygen atoms in total. The van der Waals surface area contributed by atoms with Gasteiger partial charge in [0.25, 0.3) is 0 Å². The van der Waals surface area contributed by atoms with Gasteiger partial charge in [0.15, 0.2) is 0 Å². The van der Waals surface area contributed by atoms with Crippen LogP contribution in [0, 0.1) is 11.6 Å². The van der Waals surface area contributed by atoms with Crippen molar-refractivity contribution in [2.75, 3.05) is 5.75 Å². The molecular formula is C8H5F5S2. The SMILES string of the molecule is Fc1cc(F)cc(SSCC(F)(F)F)c1. The summed E-state index contributed by atoms with van der Waals surface area (Å²) in [4.78, 5) is 0.127. The second kappa shape index (κ2) is 5.07. The summed E-state index contributed by atoms with van der Waals surface area (Å²) in [5, 5.41) is 0. The van der Waals surface area contributed by atoms with Gasteiger partial charge in [0.2, 0.25) is 0 Å². The fourth-order valence-corrected chi connectivity index (χ4v) is 2.67. The molecule has 84 valence electrons. The maximum absolute atomic E-state index is 12.6. The van der Waals surface area contributed by atoms with E-state index in [1.54, 1.807) is 0 Å². The van der Waals surface area contributed by atoms with Crippen molar-refractivity contribution in [3.05, 3.63) is 29.8 Å². The third kappa shape index (κ3) is 5.27. The molecule has 15 heavy (non-hydrogen) atoms. The number of alkyl halides is 3. The third-order valence-electron chi connectivity index (χ3n) is 1.21. The van der Waals surface area contributed by atoms with Crippen LogP contribution in [-0.4, -0.2) is 11.9 Å². The Balaban J connectivity index is 2.51. The van der Waals surface area contributed by atoms with Crippen LogP contribution < -0.4 is 0 Å². The van der Waals surface area contributed by atoms with Crippen molar-refractivity contribution >= 4 is 21.6 Å². The summed E-state index contributed by atoms with van der Waals surface area (Å²) < 4.78 is 60.4. The molecule has 0 heterocycles. The Morgan fingerprint density at radius 1 is 1.00 bits per heavy atom. The first-order valence-electron chi connectivity index (χ1n) is 3.69. The van der Waals surface area contributed by atoms with E-state index >= 15 is 0 Å². The molecule has 1 rings (SSSR count). The molecule has 0 saturated carbocycles. The van der Waals surface area contributed by atoms with Gasteiger partial charge >= 0.3 is 6.18 Å². The Labute approximate surface area is 90.6 Å². The predicted octanol–water partition coefficient (Wildman–Crippen LogP) is 4.27. The number of benzene rings is 1. The molecule has 0 aliphatic rings. The molecule has 0 N–H and O–H groups in total. The Kier molecular flexibility index (Phi) is 4.27. The van der Waals surface area contributed by atoms with Gasteiger partial charge in [-0.25, -0.2) is 8.78 Å². The van der Waals surface area contributed by atoms with Crippen LogP contribution in [0.3, 0.4) is 0 Å². The Hall–Kier alpha value is -0.430. The maximum atomic E-state index is 12.6. The van der Waals surface area contributed by atoms with Crippen molar-refractivity contribution < 1.29 is 22.0 Å². The summed E-state index contributed by atoms with van der Waals surface area (Å²) in [6.07, 6.45) is -4.27. The van der Waals surface area contributed by atoms with E-state index in [1.165, 1.54) is 0 Å². The third-order valence-corrected chi connectivity index (χ3v) is 3.49. The zero-order chi connectivity index (χ0) is 11.5. The lowest BCUT2D eigenvalue weighted by Crippen LogP contribution is -2.09. The summed E-state index contributed by atoms with van der Waals surface area (Å²) in [6, 6.07) is 2.63. The van der Waals surface area contributed by atoms with Crippen molar-refractivity contribution in [1.29, 1.82) is 0 Å². The highest BCUT2D eigenvalue weighted by atomic mass is 33.1. The minimum Gasteiger partial charge on any atom is -0.207 e. The maximum Gasteiger partial charge on any atom is 0.398 e. The average molecular weight is 260 g/mol. The van der Waals surface area contributed by atoms with Crippen molar-refractivity contribution in [3.8, 4) is 0 Å². The summed E-state index contributed by atoms with van der Waals surface area (Å²) in [5.74, 6) is -2.66. The van der Waals surface area contributed by atoms with Gasteiger partial charge in [0, 0.05) is 11.0 Å². The normalized spacial score (nSPS) is 11.8. The van der Waals surface area contributed by atoms with Crippen LogP contribution in [-0.2, 0) is 0 Å². The molecule has 7 heteroatoms. The molecule has 0 saturated heterocycles. The van der Waals surface area contributed by atoms with Gasteiger partial charge in [-0.1, -0.05) is 21.6 Å². The van der Waals surface area contributed by atoms with Crippen LogP contribution in [0.5, 0.6) is 0 Å². The number of hydrogen-bond donors (Lipinski definition) is 0. The molecule has 1 aromatic carbocycles.